The lowest BCUT2D eigenvalue weighted by atomic mass is 10.1. The van der Waals surface area contributed by atoms with Crippen LogP contribution >= 0.6 is 0 Å². The second kappa shape index (κ2) is 8.88. The van der Waals surface area contributed by atoms with Gasteiger partial charge in [-0.15, -0.1) is 0 Å². The first kappa shape index (κ1) is 20.0. The lowest BCUT2D eigenvalue weighted by Gasteiger charge is -2.19. The van der Waals surface area contributed by atoms with Gasteiger partial charge < -0.3 is 19.9 Å². The van der Waals surface area contributed by atoms with E-state index in [1.54, 1.807) is 0 Å². The fraction of sp³-hybridized carbons (Fsp3) is 0.529. The summed E-state index contributed by atoms with van der Waals surface area (Å²) in [4.78, 5) is 23.1. The molecular weight excluding hydrogens is 362 g/mol. The molecule has 1 aromatic rings. The van der Waals surface area contributed by atoms with Crippen LogP contribution in [-0.2, 0) is 19.4 Å². The van der Waals surface area contributed by atoms with Crippen molar-refractivity contribution in [1.82, 2.24) is 5.32 Å². The van der Waals surface area contributed by atoms with Gasteiger partial charge in [-0.3, -0.25) is 4.79 Å². The Morgan fingerprint density at radius 1 is 1.23 bits per heavy atom. The van der Waals surface area contributed by atoms with Crippen LogP contribution in [0.15, 0.2) is 23.1 Å². The molecule has 1 aromatic carbocycles. The van der Waals surface area contributed by atoms with Gasteiger partial charge in [-0.25, -0.2) is 13.2 Å². The summed E-state index contributed by atoms with van der Waals surface area (Å²) < 4.78 is 35.6. The minimum absolute atomic E-state index is 0.0373. The highest BCUT2D eigenvalue weighted by atomic mass is 32.2. The molecule has 1 heterocycles. The van der Waals surface area contributed by atoms with Gasteiger partial charge in [-0.2, -0.15) is 0 Å². The molecular formula is C17H23NO7S. The maximum Gasteiger partial charge on any atom is 0.326 e. The van der Waals surface area contributed by atoms with Crippen LogP contribution in [0.3, 0.4) is 0 Å². The number of rotatable bonds is 9. The molecule has 0 bridgehead atoms. The van der Waals surface area contributed by atoms with E-state index in [1.165, 1.54) is 18.2 Å². The van der Waals surface area contributed by atoms with Gasteiger partial charge in [-0.05, 0) is 18.6 Å². The third-order valence-electron chi connectivity index (χ3n) is 3.95. The summed E-state index contributed by atoms with van der Waals surface area (Å²) in [5, 5.41) is 11.5. The number of sulfone groups is 1. The van der Waals surface area contributed by atoms with Crippen molar-refractivity contribution in [3.63, 3.8) is 0 Å². The first-order chi connectivity index (χ1) is 12.3. The zero-order chi connectivity index (χ0) is 19.2. The standard InChI is InChI=1S/C17H23NO7S/c1-2-3-4-13(17(20)21)18-16(19)7-10-26(22,23)12-5-6-14-15(11-12)25-9-8-24-14/h5-6,11,13H,2-4,7-10H2,1H3,(H,18,19)(H,20,21). The Kier molecular flexibility index (Phi) is 6.84. The summed E-state index contributed by atoms with van der Waals surface area (Å²) in [5.41, 5.74) is 0. The Hall–Kier alpha value is -2.29. The molecule has 0 aliphatic carbocycles. The van der Waals surface area contributed by atoms with Gasteiger partial charge in [-0.1, -0.05) is 19.8 Å². The Bertz CT molecular complexity index is 760. The number of aliphatic carboxylic acids is 1. The second-order valence-electron chi connectivity index (χ2n) is 5.97. The van der Waals surface area contributed by atoms with E-state index in [4.69, 9.17) is 14.6 Å². The Labute approximate surface area is 152 Å². The summed E-state index contributed by atoms with van der Waals surface area (Å²) in [7, 11) is -3.71. The topological polar surface area (TPSA) is 119 Å². The molecule has 0 saturated carbocycles. The van der Waals surface area contributed by atoms with Crippen molar-refractivity contribution in [2.45, 2.75) is 43.5 Å². The molecule has 1 unspecified atom stereocenters. The molecule has 0 radical (unpaired) electrons. The number of carboxylic acid groups (broad SMARTS) is 1. The van der Waals surface area contributed by atoms with Gasteiger partial charge in [0.2, 0.25) is 5.91 Å². The van der Waals surface area contributed by atoms with Crippen LogP contribution in [0.4, 0.5) is 0 Å². The van der Waals surface area contributed by atoms with Gasteiger partial charge in [0, 0.05) is 12.5 Å². The molecule has 0 spiro atoms. The van der Waals surface area contributed by atoms with E-state index in [-0.39, 0.29) is 11.3 Å². The van der Waals surface area contributed by atoms with E-state index < -0.39 is 33.5 Å². The quantitative estimate of drug-likeness (QED) is 0.659. The van der Waals surface area contributed by atoms with Crippen LogP contribution < -0.4 is 14.8 Å². The Morgan fingerprint density at radius 3 is 2.58 bits per heavy atom. The minimum Gasteiger partial charge on any atom is -0.486 e. The number of unbranched alkanes of at least 4 members (excludes halogenated alkanes) is 1. The number of carboxylic acids is 1. The monoisotopic (exact) mass is 385 g/mol. The minimum atomic E-state index is -3.71. The summed E-state index contributed by atoms with van der Waals surface area (Å²) in [6.07, 6.45) is 1.46. The average Bonchev–Trinajstić information content (AvgIpc) is 2.62. The zero-order valence-corrected chi connectivity index (χ0v) is 15.4. The maximum absolute atomic E-state index is 12.4. The van der Waals surface area contributed by atoms with Crippen LogP contribution in [0.5, 0.6) is 11.5 Å². The van der Waals surface area contributed by atoms with Crippen LogP contribution in [0, 0.1) is 0 Å². The molecule has 9 heteroatoms. The molecule has 0 fully saturated rings. The molecule has 0 aromatic heterocycles. The van der Waals surface area contributed by atoms with Crippen molar-refractivity contribution in [1.29, 1.82) is 0 Å². The number of hydrogen-bond acceptors (Lipinski definition) is 6. The van der Waals surface area contributed by atoms with E-state index in [2.05, 4.69) is 5.32 Å². The van der Waals surface area contributed by atoms with Crippen molar-refractivity contribution in [2.24, 2.45) is 0 Å². The van der Waals surface area contributed by atoms with Crippen molar-refractivity contribution in [2.75, 3.05) is 19.0 Å². The maximum atomic E-state index is 12.4. The van der Waals surface area contributed by atoms with Gasteiger partial charge in [0.25, 0.3) is 0 Å². The molecule has 1 atom stereocenters. The van der Waals surface area contributed by atoms with Crippen molar-refractivity contribution >= 4 is 21.7 Å². The fourth-order valence-corrected chi connectivity index (χ4v) is 3.75. The van der Waals surface area contributed by atoms with Gasteiger partial charge in [0.05, 0.1) is 10.6 Å². The van der Waals surface area contributed by atoms with Gasteiger partial charge >= 0.3 is 5.97 Å². The van der Waals surface area contributed by atoms with Crippen molar-refractivity contribution < 1.29 is 32.6 Å². The van der Waals surface area contributed by atoms with E-state index in [1.807, 2.05) is 6.92 Å². The third kappa shape index (κ3) is 5.35. The highest BCUT2D eigenvalue weighted by Gasteiger charge is 2.23. The largest absolute Gasteiger partial charge is 0.486 e. The predicted molar refractivity (Wildman–Crippen MR) is 93.2 cm³/mol. The molecule has 1 amide bonds. The number of hydrogen-bond donors (Lipinski definition) is 2. The summed E-state index contributed by atoms with van der Waals surface area (Å²) in [5.74, 6) is -1.31. The Morgan fingerprint density at radius 2 is 1.92 bits per heavy atom. The zero-order valence-electron chi connectivity index (χ0n) is 14.6. The van der Waals surface area contributed by atoms with Gasteiger partial charge in [0.1, 0.15) is 19.3 Å². The molecule has 8 nitrogen and oxygen atoms in total. The molecule has 144 valence electrons. The van der Waals surface area contributed by atoms with Crippen molar-refractivity contribution in [3.05, 3.63) is 18.2 Å². The number of benzene rings is 1. The van der Waals surface area contributed by atoms with E-state index in [0.29, 0.717) is 37.6 Å². The number of carbonyl (C=O) groups is 2. The number of nitrogens with one attached hydrogen (secondary N) is 1. The Balaban J connectivity index is 1.96. The summed E-state index contributed by atoms with van der Waals surface area (Å²) in [6.45, 7) is 2.66. The second-order valence-corrected chi connectivity index (χ2v) is 8.08. The highest BCUT2D eigenvalue weighted by molar-refractivity contribution is 7.91. The third-order valence-corrected chi connectivity index (χ3v) is 5.66. The number of carbonyl (C=O) groups excluding carboxylic acids is 1. The lowest BCUT2D eigenvalue weighted by molar-refractivity contribution is -0.142. The molecule has 2 N–H and O–H groups in total. The predicted octanol–water partition coefficient (Wildman–Crippen LogP) is 1.38. The first-order valence-corrected chi connectivity index (χ1v) is 10.1. The normalized spacial score (nSPS) is 14.5. The van der Waals surface area contributed by atoms with Crippen LogP contribution in [-0.4, -0.2) is 50.4 Å². The summed E-state index contributed by atoms with van der Waals surface area (Å²) in [6, 6.07) is 3.30. The highest BCUT2D eigenvalue weighted by Crippen LogP contribution is 2.32. The number of amides is 1. The average molecular weight is 385 g/mol. The molecule has 0 saturated heterocycles. The smallest absolute Gasteiger partial charge is 0.326 e. The van der Waals surface area contributed by atoms with Gasteiger partial charge in [0.15, 0.2) is 21.3 Å². The SMILES string of the molecule is CCCCC(NC(=O)CCS(=O)(=O)c1ccc2c(c1)OCCO2)C(=O)O. The molecule has 26 heavy (non-hydrogen) atoms. The molecule has 1 aliphatic rings. The fourth-order valence-electron chi connectivity index (χ4n) is 2.49. The lowest BCUT2D eigenvalue weighted by Crippen LogP contribution is -2.41. The number of fused-ring (bicyclic) bond motifs is 1. The van der Waals surface area contributed by atoms with Crippen LogP contribution in [0.2, 0.25) is 0 Å². The van der Waals surface area contributed by atoms with E-state index >= 15 is 0 Å². The van der Waals surface area contributed by atoms with E-state index in [9.17, 15) is 18.0 Å². The van der Waals surface area contributed by atoms with Crippen LogP contribution in [0.1, 0.15) is 32.6 Å². The first-order valence-electron chi connectivity index (χ1n) is 8.48. The van der Waals surface area contributed by atoms with Crippen LogP contribution in [0.25, 0.3) is 0 Å². The van der Waals surface area contributed by atoms with Crippen molar-refractivity contribution in [3.8, 4) is 11.5 Å². The molecule has 2 rings (SSSR count). The molecule has 1 aliphatic heterocycles. The van der Waals surface area contributed by atoms with E-state index in [0.717, 1.165) is 6.42 Å². The number of ether oxygens (including phenoxy) is 2. The summed E-state index contributed by atoms with van der Waals surface area (Å²) >= 11 is 0.